The smallest absolute Gasteiger partial charge is 0.416 e. The Hall–Kier alpha value is -2.62. The molecule has 0 aliphatic carbocycles. The van der Waals surface area contributed by atoms with Crippen LogP contribution < -0.4 is 0 Å². The summed E-state index contributed by atoms with van der Waals surface area (Å²) in [7, 11) is 0. The number of carbonyl (C=O) groups excluding carboxylic acids is 1. The highest BCUT2D eigenvalue weighted by molar-refractivity contribution is 14.1. The normalized spacial score (nSPS) is 17.9. The number of cyclic esters (lactones) is 1. The molecule has 1 amide bonds. The molecule has 0 aromatic heterocycles. The van der Waals surface area contributed by atoms with Gasteiger partial charge in [-0.05, 0) is 114 Å². The minimum absolute atomic E-state index is 0.00737. The Labute approximate surface area is 234 Å². The van der Waals surface area contributed by atoms with E-state index in [0.717, 1.165) is 43.5 Å². The number of amides is 1. The minimum Gasteiger partial charge on any atom is -0.439 e. The summed E-state index contributed by atoms with van der Waals surface area (Å²) in [5.41, 5.74) is 4.99. The molecule has 4 rings (SSSR count). The first kappa shape index (κ1) is 28.4. The molecule has 3 aromatic rings. The molecule has 8 heteroatoms. The molecule has 0 unspecified atom stereocenters. The second-order valence-corrected chi connectivity index (χ2v) is 11.6. The third kappa shape index (κ3) is 5.55. The van der Waals surface area contributed by atoms with E-state index in [4.69, 9.17) is 4.74 Å². The Morgan fingerprint density at radius 3 is 2.29 bits per heavy atom. The average Bonchev–Trinajstić information content (AvgIpc) is 3.06. The van der Waals surface area contributed by atoms with Crippen LogP contribution in [-0.4, -0.2) is 17.0 Å². The Kier molecular flexibility index (Phi) is 7.85. The van der Waals surface area contributed by atoms with E-state index in [1.54, 1.807) is 13.0 Å². The van der Waals surface area contributed by atoms with E-state index >= 15 is 0 Å². The van der Waals surface area contributed by atoms with E-state index in [2.05, 4.69) is 22.6 Å². The Morgan fingerprint density at radius 2 is 1.66 bits per heavy atom. The van der Waals surface area contributed by atoms with Crippen molar-refractivity contribution in [2.24, 2.45) is 0 Å². The van der Waals surface area contributed by atoms with Gasteiger partial charge in [0.1, 0.15) is 11.9 Å². The van der Waals surface area contributed by atoms with E-state index in [0.29, 0.717) is 16.7 Å². The number of halogens is 5. The van der Waals surface area contributed by atoms with Gasteiger partial charge in [-0.1, -0.05) is 31.5 Å². The number of ether oxygens (including phenoxy) is 1. The van der Waals surface area contributed by atoms with Crippen LogP contribution in [0.2, 0.25) is 0 Å². The van der Waals surface area contributed by atoms with E-state index in [9.17, 15) is 22.4 Å². The van der Waals surface area contributed by atoms with Crippen molar-refractivity contribution in [3.8, 4) is 11.1 Å². The van der Waals surface area contributed by atoms with Gasteiger partial charge in [0.25, 0.3) is 0 Å². The molecule has 1 aliphatic heterocycles. The fourth-order valence-corrected chi connectivity index (χ4v) is 6.22. The number of carbonyl (C=O) groups is 1. The van der Waals surface area contributed by atoms with Gasteiger partial charge in [0.15, 0.2) is 0 Å². The molecule has 2 atom stereocenters. The summed E-state index contributed by atoms with van der Waals surface area (Å²) >= 11 is 2.25. The lowest BCUT2D eigenvalue weighted by Gasteiger charge is -2.25. The SMILES string of the molecule is Cc1cc(CN2C(=O)O[C@H](c3cc(C)cc(I)c3-c3cc(C(C)C)c(F)cc3C)[C@H]2C)cc(C(F)(F)F)c1. The maximum atomic E-state index is 14.7. The zero-order valence-corrected chi connectivity index (χ0v) is 24.3. The minimum atomic E-state index is -4.48. The molecule has 0 radical (unpaired) electrons. The fourth-order valence-electron chi connectivity index (χ4n) is 5.13. The molecule has 202 valence electrons. The monoisotopic (exact) mass is 639 g/mol. The van der Waals surface area contributed by atoms with Gasteiger partial charge in [-0.15, -0.1) is 0 Å². The Balaban J connectivity index is 1.77. The lowest BCUT2D eigenvalue weighted by molar-refractivity contribution is -0.137. The molecule has 0 saturated carbocycles. The quantitative estimate of drug-likeness (QED) is 0.206. The molecule has 0 N–H and O–H groups in total. The van der Waals surface area contributed by atoms with E-state index in [1.807, 2.05) is 52.8 Å². The van der Waals surface area contributed by atoms with Crippen molar-refractivity contribution in [1.29, 1.82) is 0 Å². The number of rotatable bonds is 5. The van der Waals surface area contributed by atoms with Gasteiger partial charge in [0.05, 0.1) is 11.6 Å². The predicted octanol–water partition coefficient (Wildman–Crippen LogP) is 9.25. The van der Waals surface area contributed by atoms with Crippen LogP contribution in [0.3, 0.4) is 0 Å². The van der Waals surface area contributed by atoms with E-state index in [-0.39, 0.29) is 18.3 Å². The first-order valence-corrected chi connectivity index (χ1v) is 13.5. The van der Waals surface area contributed by atoms with E-state index in [1.165, 1.54) is 11.0 Å². The maximum absolute atomic E-state index is 14.7. The lowest BCUT2D eigenvalue weighted by Crippen LogP contribution is -2.31. The van der Waals surface area contributed by atoms with Crippen molar-refractivity contribution in [2.75, 3.05) is 0 Å². The van der Waals surface area contributed by atoms with Crippen LogP contribution in [0.15, 0.2) is 42.5 Å². The second kappa shape index (κ2) is 10.5. The molecule has 3 nitrogen and oxygen atoms in total. The number of nitrogens with zero attached hydrogens (tertiary/aromatic N) is 1. The highest BCUT2D eigenvalue weighted by Gasteiger charge is 2.41. The van der Waals surface area contributed by atoms with Gasteiger partial charge in [-0.3, -0.25) is 4.90 Å². The second-order valence-electron chi connectivity index (χ2n) is 10.4. The van der Waals surface area contributed by atoms with Crippen molar-refractivity contribution in [2.45, 2.75) is 72.3 Å². The number of aryl methyl sites for hydroxylation is 3. The van der Waals surface area contributed by atoms with E-state index < -0.39 is 30.0 Å². The molecule has 1 fully saturated rings. The van der Waals surface area contributed by atoms with Crippen LogP contribution in [0.1, 0.15) is 71.7 Å². The van der Waals surface area contributed by atoms with Crippen molar-refractivity contribution in [1.82, 2.24) is 4.90 Å². The molecule has 1 saturated heterocycles. The summed E-state index contributed by atoms with van der Waals surface area (Å²) in [6.07, 6.45) is -5.71. The number of hydrogen-bond acceptors (Lipinski definition) is 2. The molecule has 1 heterocycles. The highest BCUT2D eigenvalue weighted by Crippen LogP contribution is 2.43. The molecule has 0 spiro atoms. The first-order valence-electron chi connectivity index (χ1n) is 12.4. The van der Waals surface area contributed by atoms with Crippen LogP contribution in [0.4, 0.5) is 22.4 Å². The topological polar surface area (TPSA) is 29.5 Å². The van der Waals surface area contributed by atoms with Crippen molar-refractivity contribution in [3.63, 3.8) is 0 Å². The van der Waals surface area contributed by atoms with Crippen molar-refractivity contribution >= 4 is 28.7 Å². The number of hydrogen-bond donors (Lipinski definition) is 0. The zero-order chi connectivity index (χ0) is 28.1. The van der Waals surface area contributed by atoms with Gasteiger partial charge in [0.2, 0.25) is 0 Å². The first-order chi connectivity index (χ1) is 17.7. The molecule has 3 aromatic carbocycles. The average molecular weight is 639 g/mol. The molecular formula is C30H30F4INO2. The fraction of sp³-hybridized carbons (Fsp3) is 0.367. The summed E-state index contributed by atoms with van der Waals surface area (Å²) in [6, 6.07) is 10.8. The number of alkyl halides is 3. The van der Waals surface area contributed by atoms with Crippen LogP contribution >= 0.6 is 22.6 Å². The largest absolute Gasteiger partial charge is 0.439 e. The third-order valence-electron chi connectivity index (χ3n) is 7.02. The van der Waals surface area contributed by atoms with Crippen LogP contribution in [0.25, 0.3) is 11.1 Å². The highest BCUT2D eigenvalue weighted by atomic mass is 127. The van der Waals surface area contributed by atoms with Gasteiger partial charge in [-0.25, -0.2) is 9.18 Å². The molecular weight excluding hydrogens is 609 g/mol. The zero-order valence-electron chi connectivity index (χ0n) is 22.1. The van der Waals surface area contributed by atoms with Gasteiger partial charge in [-0.2, -0.15) is 13.2 Å². The summed E-state index contributed by atoms with van der Waals surface area (Å²) in [5.74, 6) is -0.274. The van der Waals surface area contributed by atoms with Gasteiger partial charge in [0, 0.05) is 21.2 Å². The summed E-state index contributed by atoms with van der Waals surface area (Å²) < 4.78 is 61.7. The van der Waals surface area contributed by atoms with Crippen molar-refractivity contribution in [3.05, 3.63) is 90.8 Å². The molecule has 0 bridgehead atoms. The van der Waals surface area contributed by atoms with Gasteiger partial charge < -0.3 is 4.74 Å². The molecule has 1 aliphatic rings. The Morgan fingerprint density at radius 1 is 1.00 bits per heavy atom. The third-order valence-corrected chi connectivity index (χ3v) is 7.87. The lowest BCUT2D eigenvalue weighted by atomic mass is 9.87. The predicted molar refractivity (Wildman–Crippen MR) is 149 cm³/mol. The van der Waals surface area contributed by atoms with Crippen molar-refractivity contribution < 1.29 is 27.1 Å². The van der Waals surface area contributed by atoms with Gasteiger partial charge >= 0.3 is 12.3 Å². The van der Waals surface area contributed by atoms with Crippen LogP contribution in [0, 0.1) is 30.2 Å². The molecule has 38 heavy (non-hydrogen) atoms. The summed E-state index contributed by atoms with van der Waals surface area (Å²) in [5, 5.41) is 0. The maximum Gasteiger partial charge on any atom is 0.416 e. The van der Waals surface area contributed by atoms with Crippen LogP contribution in [-0.2, 0) is 17.5 Å². The Bertz CT molecular complexity index is 1400. The summed E-state index contributed by atoms with van der Waals surface area (Å²) in [4.78, 5) is 14.5. The summed E-state index contributed by atoms with van der Waals surface area (Å²) in [6.45, 7) is 11.1. The van der Waals surface area contributed by atoms with Crippen LogP contribution in [0.5, 0.6) is 0 Å². The standard InChI is InChI=1S/C30H30F4INO2/c1-15(2)22-13-23(18(5)11-25(22)31)27-24(9-17(4)10-26(27)35)28-19(6)36(29(37)38-28)14-20-7-16(3)8-21(12-20)30(32,33)34/h7-13,15,19,28H,14H2,1-6H3/t19-,28+/m1/s1. The number of benzene rings is 3.